The van der Waals surface area contributed by atoms with E-state index in [1.807, 2.05) is 0 Å². The van der Waals surface area contributed by atoms with Crippen molar-refractivity contribution in [1.29, 1.82) is 0 Å². The molecule has 3 fully saturated rings. The highest BCUT2D eigenvalue weighted by molar-refractivity contribution is 7.19. The van der Waals surface area contributed by atoms with Gasteiger partial charge >= 0.3 is 0 Å². The quantitative estimate of drug-likeness (QED) is 0.470. The van der Waals surface area contributed by atoms with E-state index < -0.39 is 0 Å². The van der Waals surface area contributed by atoms with Gasteiger partial charge in [-0.25, -0.2) is 0 Å². The third-order valence-corrected chi connectivity index (χ3v) is 8.46. The monoisotopic (exact) mass is 336 g/mol. The molecule has 0 aromatic rings. The zero-order valence-electron chi connectivity index (χ0n) is 15.9. The second-order valence-corrected chi connectivity index (χ2v) is 11.1. The van der Waals surface area contributed by atoms with E-state index in [0.717, 1.165) is 17.8 Å². The van der Waals surface area contributed by atoms with Gasteiger partial charge in [0.2, 0.25) is 0 Å². The van der Waals surface area contributed by atoms with E-state index in [1.165, 1.54) is 96.3 Å². The van der Waals surface area contributed by atoms with E-state index in [-0.39, 0.29) is 0 Å². The first kappa shape index (κ1) is 18.2. The lowest BCUT2D eigenvalue weighted by atomic mass is 9.47. The van der Waals surface area contributed by atoms with E-state index in [9.17, 15) is 0 Å². The van der Waals surface area contributed by atoms with E-state index in [0.29, 0.717) is 10.6 Å². The second kappa shape index (κ2) is 7.76. The SMILES string of the molecule is CC(C)(P)C(C1CCCCC1)(C1CCCCC1)C1CCCCC1. The largest absolute Gasteiger partial charge is 0.131 e. The Morgan fingerprint density at radius 1 is 0.522 bits per heavy atom. The van der Waals surface area contributed by atoms with Crippen LogP contribution in [0, 0.1) is 23.2 Å². The molecular weight excluding hydrogens is 295 g/mol. The Morgan fingerprint density at radius 2 is 0.783 bits per heavy atom. The molecule has 0 heterocycles. The summed E-state index contributed by atoms with van der Waals surface area (Å²) in [5, 5.41) is 0.402. The van der Waals surface area contributed by atoms with Crippen molar-refractivity contribution in [3.8, 4) is 0 Å². The molecule has 1 unspecified atom stereocenters. The predicted octanol–water partition coefficient (Wildman–Crippen LogP) is 7.37. The third-order valence-electron chi connectivity index (χ3n) is 7.96. The molecule has 0 aliphatic heterocycles. The molecule has 0 aromatic carbocycles. The minimum atomic E-state index is 0.402. The van der Waals surface area contributed by atoms with Crippen LogP contribution in [0.25, 0.3) is 0 Å². The Kier molecular flexibility index (Phi) is 6.15. The van der Waals surface area contributed by atoms with Gasteiger partial charge in [-0.2, -0.15) is 0 Å². The molecule has 3 saturated carbocycles. The van der Waals surface area contributed by atoms with Gasteiger partial charge in [0.1, 0.15) is 0 Å². The van der Waals surface area contributed by atoms with Crippen LogP contribution >= 0.6 is 9.24 Å². The molecule has 23 heavy (non-hydrogen) atoms. The van der Waals surface area contributed by atoms with Crippen LogP contribution in [-0.4, -0.2) is 5.16 Å². The van der Waals surface area contributed by atoms with Gasteiger partial charge in [0, 0.05) is 0 Å². The lowest BCUT2D eigenvalue weighted by Crippen LogP contribution is -2.56. The molecule has 0 nitrogen and oxygen atoms in total. The van der Waals surface area contributed by atoms with Crippen LogP contribution in [0.1, 0.15) is 110 Å². The first-order valence-electron chi connectivity index (χ1n) is 10.9. The molecule has 0 N–H and O–H groups in total. The van der Waals surface area contributed by atoms with Crippen LogP contribution < -0.4 is 0 Å². The van der Waals surface area contributed by atoms with Crippen LogP contribution in [0.3, 0.4) is 0 Å². The molecule has 0 radical (unpaired) electrons. The van der Waals surface area contributed by atoms with Crippen molar-refractivity contribution in [3.63, 3.8) is 0 Å². The van der Waals surface area contributed by atoms with Crippen LogP contribution in [0.4, 0.5) is 0 Å². The first-order valence-corrected chi connectivity index (χ1v) is 11.4. The first-order chi connectivity index (χ1) is 11.1. The fraction of sp³-hybridized carbons (Fsp3) is 1.00. The van der Waals surface area contributed by atoms with E-state index in [4.69, 9.17) is 0 Å². The Labute approximate surface area is 148 Å². The van der Waals surface area contributed by atoms with Crippen LogP contribution in [0.5, 0.6) is 0 Å². The molecule has 134 valence electrons. The topological polar surface area (TPSA) is 0 Å². The van der Waals surface area contributed by atoms with Crippen molar-refractivity contribution in [1.82, 2.24) is 0 Å². The summed E-state index contributed by atoms with van der Waals surface area (Å²) in [5.41, 5.74) is 0.610. The summed E-state index contributed by atoms with van der Waals surface area (Å²) in [4.78, 5) is 0. The number of hydrogen-bond acceptors (Lipinski definition) is 0. The van der Waals surface area contributed by atoms with Gasteiger partial charge in [-0.15, -0.1) is 9.24 Å². The number of hydrogen-bond donors (Lipinski definition) is 0. The summed E-state index contributed by atoms with van der Waals surface area (Å²) in [6, 6.07) is 0. The molecular formula is C22H41P. The van der Waals surface area contributed by atoms with Gasteiger partial charge in [0.15, 0.2) is 0 Å². The third kappa shape index (κ3) is 3.54. The summed E-state index contributed by atoms with van der Waals surface area (Å²) in [6.07, 6.45) is 22.7. The Balaban J connectivity index is 1.99. The van der Waals surface area contributed by atoms with Crippen molar-refractivity contribution in [2.45, 2.75) is 115 Å². The maximum absolute atomic E-state index is 3.38. The van der Waals surface area contributed by atoms with Gasteiger partial charge in [-0.3, -0.25) is 0 Å². The minimum absolute atomic E-state index is 0.402. The molecule has 0 saturated heterocycles. The summed E-state index contributed by atoms with van der Waals surface area (Å²) in [6.45, 7) is 5.19. The van der Waals surface area contributed by atoms with Crippen molar-refractivity contribution in [2.75, 3.05) is 0 Å². The second-order valence-electron chi connectivity index (χ2n) is 9.66. The zero-order chi connectivity index (χ0) is 16.3. The van der Waals surface area contributed by atoms with Gasteiger partial charge < -0.3 is 0 Å². The maximum Gasteiger partial charge on any atom is -0.0127 e. The van der Waals surface area contributed by atoms with Gasteiger partial charge in [-0.1, -0.05) is 71.6 Å². The lowest BCUT2D eigenvalue weighted by molar-refractivity contribution is -0.0724. The fourth-order valence-electron chi connectivity index (χ4n) is 7.32. The minimum Gasteiger partial charge on any atom is -0.131 e. The summed E-state index contributed by atoms with van der Waals surface area (Å²) >= 11 is 0. The fourth-order valence-corrected chi connectivity index (χ4v) is 8.03. The molecule has 0 aromatic heterocycles. The summed E-state index contributed by atoms with van der Waals surface area (Å²) < 4.78 is 0. The molecule has 3 aliphatic rings. The van der Waals surface area contributed by atoms with E-state index in [2.05, 4.69) is 23.1 Å². The smallest absolute Gasteiger partial charge is 0.0127 e. The Morgan fingerprint density at radius 3 is 1.00 bits per heavy atom. The molecule has 0 bridgehead atoms. The maximum atomic E-state index is 3.38. The Bertz CT molecular complexity index is 303. The van der Waals surface area contributed by atoms with Crippen LogP contribution in [-0.2, 0) is 0 Å². The highest BCUT2D eigenvalue weighted by Crippen LogP contribution is 2.63. The van der Waals surface area contributed by atoms with Crippen molar-refractivity contribution in [3.05, 3.63) is 0 Å². The summed E-state index contributed by atoms with van der Waals surface area (Å²) in [5.74, 6) is 3.03. The number of rotatable bonds is 4. The predicted molar refractivity (Wildman–Crippen MR) is 106 cm³/mol. The molecule has 0 spiro atoms. The summed E-state index contributed by atoms with van der Waals surface area (Å²) in [7, 11) is 3.38. The van der Waals surface area contributed by atoms with E-state index in [1.54, 1.807) is 0 Å². The van der Waals surface area contributed by atoms with Crippen molar-refractivity contribution < 1.29 is 0 Å². The molecule has 1 heteroatoms. The highest BCUT2D eigenvalue weighted by atomic mass is 31.0. The average molecular weight is 337 g/mol. The van der Waals surface area contributed by atoms with E-state index >= 15 is 0 Å². The lowest BCUT2D eigenvalue weighted by Gasteiger charge is -2.61. The normalized spacial score (nSPS) is 27.3. The standard InChI is InChI=1S/C22H41P/c1-21(2,23)22(18-12-6-3-7-13-18,19-14-8-4-9-15-19)20-16-10-5-11-17-20/h18-20H,3-17,23H2,1-2H3. The van der Waals surface area contributed by atoms with Gasteiger partial charge in [0.05, 0.1) is 0 Å². The Hall–Kier alpha value is 0.430. The van der Waals surface area contributed by atoms with Crippen molar-refractivity contribution >= 4 is 9.24 Å². The van der Waals surface area contributed by atoms with Crippen LogP contribution in [0.2, 0.25) is 0 Å². The van der Waals surface area contributed by atoms with Gasteiger partial charge in [0.25, 0.3) is 0 Å². The molecule has 1 atom stereocenters. The average Bonchev–Trinajstić information content (AvgIpc) is 2.57. The zero-order valence-corrected chi connectivity index (χ0v) is 17.1. The molecule has 3 aliphatic carbocycles. The molecule has 0 amide bonds. The molecule has 3 rings (SSSR count). The van der Waals surface area contributed by atoms with Gasteiger partial charge in [-0.05, 0) is 66.8 Å². The highest BCUT2D eigenvalue weighted by Gasteiger charge is 2.56. The van der Waals surface area contributed by atoms with Crippen molar-refractivity contribution in [2.24, 2.45) is 23.2 Å². The van der Waals surface area contributed by atoms with Crippen LogP contribution in [0.15, 0.2) is 0 Å².